The van der Waals surface area contributed by atoms with E-state index in [0.717, 1.165) is 17.7 Å². The Balaban J connectivity index is 1.71. The van der Waals surface area contributed by atoms with Crippen molar-refractivity contribution in [1.29, 1.82) is 0 Å². The van der Waals surface area contributed by atoms with Crippen LogP contribution in [0.2, 0.25) is 0 Å². The van der Waals surface area contributed by atoms with E-state index in [0.29, 0.717) is 37.8 Å². The van der Waals surface area contributed by atoms with Crippen LogP contribution in [0, 0.1) is 0 Å². The molecule has 24 heavy (non-hydrogen) atoms. The van der Waals surface area contributed by atoms with Crippen LogP contribution in [-0.4, -0.2) is 47.8 Å². The highest BCUT2D eigenvalue weighted by Crippen LogP contribution is 2.25. The summed E-state index contributed by atoms with van der Waals surface area (Å²) >= 11 is 0. The van der Waals surface area contributed by atoms with Gasteiger partial charge in [0.25, 0.3) is 5.89 Å². The maximum absolute atomic E-state index is 12.1. The molecule has 7 nitrogen and oxygen atoms in total. The molecule has 1 fully saturated rings. The Hall–Kier alpha value is -2.41. The number of benzene rings is 1. The number of morpholine rings is 1. The highest BCUT2D eigenvalue weighted by molar-refractivity contribution is 5.76. The Morgan fingerprint density at radius 3 is 2.88 bits per heavy atom. The van der Waals surface area contributed by atoms with Gasteiger partial charge in [-0.15, -0.1) is 0 Å². The Morgan fingerprint density at radius 1 is 1.38 bits per heavy atom. The van der Waals surface area contributed by atoms with Crippen molar-refractivity contribution in [3.05, 3.63) is 30.1 Å². The van der Waals surface area contributed by atoms with Crippen molar-refractivity contribution < 1.29 is 18.8 Å². The predicted molar refractivity (Wildman–Crippen MR) is 86.5 cm³/mol. The van der Waals surface area contributed by atoms with Crippen molar-refractivity contribution in [2.24, 2.45) is 0 Å². The van der Waals surface area contributed by atoms with Gasteiger partial charge in [0.1, 0.15) is 11.9 Å². The predicted octanol–water partition coefficient (Wildman–Crippen LogP) is 2.45. The average molecular weight is 331 g/mol. The van der Waals surface area contributed by atoms with E-state index in [4.69, 9.17) is 14.0 Å². The van der Waals surface area contributed by atoms with Crippen LogP contribution < -0.4 is 4.74 Å². The lowest BCUT2D eigenvalue weighted by Crippen LogP contribution is -2.42. The molecule has 1 amide bonds. The van der Waals surface area contributed by atoms with E-state index in [1.807, 2.05) is 31.2 Å². The van der Waals surface area contributed by atoms with E-state index in [1.165, 1.54) is 0 Å². The molecular weight excluding hydrogens is 310 g/mol. The maximum atomic E-state index is 12.1. The standard InChI is InChI=1S/C17H21N3O4/c1-3-4-15(21)20-9-10-23-14(11-20)16-18-17(24-19-16)12-5-7-13(22-2)8-6-12/h5-8,14H,3-4,9-11H2,1-2H3/t14-/m1/s1. The summed E-state index contributed by atoms with van der Waals surface area (Å²) in [7, 11) is 1.62. The molecule has 0 N–H and O–H groups in total. The molecular formula is C17H21N3O4. The van der Waals surface area contributed by atoms with Crippen molar-refractivity contribution >= 4 is 5.91 Å². The van der Waals surface area contributed by atoms with Gasteiger partial charge in [0.15, 0.2) is 0 Å². The van der Waals surface area contributed by atoms with E-state index >= 15 is 0 Å². The number of hydrogen-bond acceptors (Lipinski definition) is 6. The second-order valence-corrected chi connectivity index (χ2v) is 5.64. The van der Waals surface area contributed by atoms with Crippen LogP contribution in [0.1, 0.15) is 31.7 Å². The minimum absolute atomic E-state index is 0.143. The molecule has 0 radical (unpaired) electrons. The fourth-order valence-corrected chi connectivity index (χ4v) is 2.62. The van der Waals surface area contributed by atoms with Gasteiger partial charge < -0.3 is 18.9 Å². The number of nitrogens with zero attached hydrogens (tertiary/aromatic N) is 3. The number of aromatic nitrogens is 2. The molecule has 128 valence electrons. The van der Waals surface area contributed by atoms with E-state index in [1.54, 1.807) is 12.0 Å². The van der Waals surface area contributed by atoms with Crippen molar-refractivity contribution in [2.75, 3.05) is 26.8 Å². The Bertz CT molecular complexity index is 683. The van der Waals surface area contributed by atoms with Crippen molar-refractivity contribution in [1.82, 2.24) is 15.0 Å². The third-order valence-electron chi connectivity index (χ3n) is 3.95. The van der Waals surface area contributed by atoms with Crippen molar-refractivity contribution in [2.45, 2.75) is 25.9 Å². The van der Waals surface area contributed by atoms with E-state index in [2.05, 4.69) is 10.1 Å². The number of carbonyl (C=O) groups excluding carboxylic acids is 1. The van der Waals surface area contributed by atoms with Crippen LogP contribution in [0.4, 0.5) is 0 Å². The molecule has 0 saturated carbocycles. The van der Waals surface area contributed by atoms with Crippen LogP contribution in [-0.2, 0) is 9.53 Å². The first-order valence-electron chi connectivity index (χ1n) is 8.08. The number of hydrogen-bond donors (Lipinski definition) is 0. The molecule has 1 aromatic heterocycles. The van der Waals surface area contributed by atoms with Gasteiger partial charge in [-0.25, -0.2) is 0 Å². The molecule has 1 aromatic carbocycles. The summed E-state index contributed by atoms with van der Waals surface area (Å²) in [5, 5.41) is 4.02. The molecule has 7 heteroatoms. The van der Waals surface area contributed by atoms with Gasteiger partial charge in [-0.1, -0.05) is 12.1 Å². The minimum atomic E-state index is -0.352. The Kier molecular flexibility index (Phi) is 5.10. The highest BCUT2D eigenvalue weighted by Gasteiger charge is 2.28. The summed E-state index contributed by atoms with van der Waals surface area (Å²) in [5.41, 5.74) is 0.810. The van der Waals surface area contributed by atoms with Crippen LogP contribution in [0.5, 0.6) is 5.75 Å². The molecule has 1 saturated heterocycles. The molecule has 1 atom stereocenters. The SMILES string of the molecule is CCCC(=O)N1CCO[C@@H](c2noc(-c3ccc(OC)cc3)n2)C1. The summed E-state index contributed by atoms with van der Waals surface area (Å²) in [4.78, 5) is 18.3. The van der Waals surface area contributed by atoms with Crippen molar-refractivity contribution in [3.8, 4) is 17.2 Å². The van der Waals surface area contributed by atoms with Gasteiger partial charge in [-0.2, -0.15) is 4.98 Å². The van der Waals surface area contributed by atoms with Gasteiger partial charge in [-0.05, 0) is 30.7 Å². The van der Waals surface area contributed by atoms with Gasteiger partial charge in [0.2, 0.25) is 11.7 Å². The second kappa shape index (κ2) is 7.44. The number of carbonyl (C=O) groups is 1. The minimum Gasteiger partial charge on any atom is -0.497 e. The maximum Gasteiger partial charge on any atom is 0.258 e. The Morgan fingerprint density at radius 2 is 2.17 bits per heavy atom. The lowest BCUT2D eigenvalue weighted by Gasteiger charge is -2.31. The zero-order valence-electron chi connectivity index (χ0n) is 13.9. The molecule has 2 aromatic rings. The van der Waals surface area contributed by atoms with E-state index in [-0.39, 0.29) is 12.0 Å². The fourth-order valence-electron chi connectivity index (χ4n) is 2.62. The lowest BCUT2D eigenvalue weighted by molar-refractivity contribution is -0.139. The number of ether oxygens (including phenoxy) is 2. The third kappa shape index (κ3) is 3.56. The summed E-state index contributed by atoms with van der Waals surface area (Å²) < 4.78 is 16.2. The van der Waals surface area contributed by atoms with Gasteiger partial charge in [0.05, 0.1) is 20.3 Å². The normalized spacial score (nSPS) is 17.8. The topological polar surface area (TPSA) is 77.7 Å². The quantitative estimate of drug-likeness (QED) is 0.837. The first-order chi connectivity index (χ1) is 11.7. The molecule has 3 rings (SSSR count). The molecule has 0 bridgehead atoms. The van der Waals surface area contributed by atoms with Crippen molar-refractivity contribution in [3.63, 3.8) is 0 Å². The monoisotopic (exact) mass is 331 g/mol. The zero-order valence-corrected chi connectivity index (χ0v) is 13.9. The average Bonchev–Trinajstić information content (AvgIpc) is 3.12. The number of methoxy groups -OCH3 is 1. The molecule has 0 unspecified atom stereocenters. The van der Waals surface area contributed by atoms with E-state index < -0.39 is 0 Å². The lowest BCUT2D eigenvalue weighted by atomic mass is 10.2. The first-order valence-corrected chi connectivity index (χ1v) is 8.08. The largest absolute Gasteiger partial charge is 0.497 e. The molecule has 1 aliphatic heterocycles. The van der Waals surface area contributed by atoms with E-state index in [9.17, 15) is 4.79 Å². The smallest absolute Gasteiger partial charge is 0.258 e. The summed E-state index contributed by atoms with van der Waals surface area (Å²) in [6, 6.07) is 7.38. The van der Waals surface area contributed by atoms with Gasteiger partial charge in [0, 0.05) is 18.5 Å². The van der Waals surface area contributed by atoms with Crippen LogP contribution in [0.15, 0.2) is 28.8 Å². The summed E-state index contributed by atoms with van der Waals surface area (Å²) in [6.45, 7) is 3.54. The fraction of sp³-hybridized carbons (Fsp3) is 0.471. The molecule has 0 aliphatic carbocycles. The Labute approximate surface area is 140 Å². The van der Waals surface area contributed by atoms with Crippen LogP contribution in [0.3, 0.4) is 0 Å². The first kappa shape index (κ1) is 16.4. The second-order valence-electron chi connectivity index (χ2n) is 5.64. The van der Waals surface area contributed by atoms with Crippen LogP contribution in [0.25, 0.3) is 11.5 Å². The number of rotatable bonds is 5. The molecule has 0 spiro atoms. The van der Waals surface area contributed by atoms with Gasteiger partial charge >= 0.3 is 0 Å². The molecule has 2 heterocycles. The zero-order chi connectivity index (χ0) is 16.9. The van der Waals surface area contributed by atoms with Gasteiger partial charge in [-0.3, -0.25) is 4.79 Å². The van der Waals surface area contributed by atoms with Crippen LogP contribution >= 0.6 is 0 Å². The number of amides is 1. The highest BCUT2D eigenvalue weighted by atomic mass is 16.5. The molecule has 1 aliphatic rings. The summed E-state index contributed by atoms with van der Waals surface area (Å²) in [5.74, 6) is 1.80. The summed E-state index contributed by atoms with van der Waals surface area (Å²) in [6.07, 6.45) is 1.04. The third-order valence-corrected chi connectivity index (χ3v) is 3.95.